The minimum atomic E-state index is -3.54. The maximum absolute atomic E-state index is 13.1. The number of benzene rings is 2. The van der Waals surface area contributed by atoms with Crippen LogP contribution in [0.15, 0.2) is 52.2 Å². The van der Waals surface area contributed by atoms with E-state index in [9.17, 15) is 13.2 Å². The van der Waals surface area contributed by atoms with Crippen LogP contribution >= 0.6 is 0 Å². The van der Waals surface area contributed by atoms with Crippen LogP contribution in [0.3, 0.4) is 0 Å². The number of sulfonamides is 1. The highest BCUT2D eigenvalue weighted by molar-refractivity contribution is 7.89. The first-order valence-corrected chi connectivity index (χ1v) is 10.9. The number of aryl methyl sites for hydroxylation is 2. The molecule has 0 radical (unpaired) electrons. The molecule has 8 nitrogen and oxygen atoms in total. The van der Waals surface area contributed by atoms with Crippen molar-refractivity contribution < 1.29 is 8.42 Å². The summed E-state index contributed by atoms with van der Waals surface area (Å²) >= 11 is 0. The lowest BCUT2D eigenvalue weighted by Crippen LogP contribution is -2.50. The third kappa shape index (κ3) is 3.81. The largest absolute Gasteiger partial charge is 0.282 e. The van der Waals surface area contributed by atoms with E-state index in [-0.39, 0.29) is 12.2 Å². The van der Waals surface area contributed by atoms with Crippen LogP contribution in [0.1, 0.15) is 11.1 Å². The van der Waals surface area contributed by atoms with Gasteiger partial charge in [0.1, 0.15) is 5.52 Å². The Balaban J connectivity index is 1.48. The topological polar surface area (TPSA) is 88.4 Å². The predicted octanol–water partition coefficient (Wildman–Crippen LogP) is 1.37. The maximum Gasteiger partial charge on any atom is 0.278 e. The Morgan fingerprint density at radius 1 is 1.00 bits per heavy atom. The van der Waals surface area contributed by atoms with Gasteiger partial charge >= 0.3 is 0 Å². The summed E-state index contributed by atoms with van der Waals surface area (Å²) < 4.78 is 29.0. The molecule has 4 rings (SSSR count). The van der Waals surface area contributed by atoms with Crippen molar-refractivity contribution in [3.63, 3.8) is 0 Å². The SMILES string of the molecule is Cc1ccc(C)c(S(=O)(=O)N2CCN(Cn3nnc4ccccc4c3=O)CC2)c1. The van der Waals surface area contributed by atoms with Crippen molar-refractivity contribution in [3.8, 4) is 0 Å². The predicted molar refractivity (Wildman–Crippen MR) is 110 cm³/mol. The average molecular weight is 414 g/mol. The first-order valence-electron chi connectivity index (χ1n) is 9.48. The molecular formula is C20H23N5O3S. The molecule has 1 aromatic heterocycles. The van der Waals surface area contributed by atoms with Gasteiger partial charge in [0.05, 0.1) is 17.0 Å². The lowest BCUT2D eigenvalue weighted by atomic mass is 10.2. The zero-order chi connectivity index (χ0) is 20.6. The molecule has 0 aliphatic carbocycles. The smallest absolute Gasteiger partial charge is 0.278 e. The zero-order valence-electron chi connectivity index (χ0n) is 16.4. The molecule has 0 amide bonds. The van der Waals surface area contributed by atoms with Crippen LogP contribution in [0.4, 0.5) is 0 Å². The second-order valence-corrected chi connectivity index (χ2v) is 9.25. The van der Waals surface area contributed by atoms with Crippen LogP contribution in [0, 0.1) is 13.8 Å². The molecule has 3 aromatic rings. The number of nitrogens with zero attached hydrogens (tertiary/aromatic N) is 5. The van der Waals surface area contributed by atoms with Gasteiger partial charge in [0.25, 0.3) is 5.56 Å². The zero-order valence-corrected chi connectivity index (χ0v) is 17.3. The summed E-state index contributed by atoms with van der Waals surface area (Å²) in [6.45, 7) is 5.76. The quantitative estimate of drug-likeness (QED) is 0.642. The summed E-state index contributed by atoms with van der Waals surface area (Å²) in [4.78, 5) is 15.0. The molecule has 0 spiro atoms. The van der Waals surface area contributed by atoms with E-state index in [4.69, 9.17) is 0 Å². The Labute approximate surface area is 169 Å². The monoisotopic (exact) mass is 413 g/mol. The Hall–Kier alpha value is -2.62. The molecule has 152 valence electrons. The molecule has 2 heterocycles. The van der Waals surface area contributed by atoms with Crippen molar-refractivity contribution in [3.05, 3.63) is 63.9 Å². The van der Waals surface area contributed by atoms with Gasteiger partial charge in [-0.15, -0.1) is 5.10 Å². The molecule has 1 saturated heterocycles. The van der Waals surface area contributed by atoms with E-state index >= 15 is 0 Å². The van der Waals surface area contributed by atoms with Crippen molar-refractivity contribution >= 4 is 20.9 Å². The van der Waals surface area contributed by atoms with Crippen molar-refractivity contribution in [2.45, 2.75) is 25.4 Å². The fourth-order valence-electron chi connectivity index (χ4n) is 3.54. The highest BCUT2D eigenvalue weighted by atomic mass is 32.2. The molecule has 1 aliphatic heterocycles. The second kappa shape index (κ2) is 7.66. The Bertz CT molecular complexity index is 1210. The van der Waals surface area contributed by atoms with E-state index in [0.29, 0.717) is 42.0 Å². The first-order chi connectivity index (χ1) is 13.9. The van der Waals surface area contributed by atoms with Gasteiger partial charge < -0.3 is 0 Å². The molecule has 0 unspecified atom stereocenters. The van der Waals surface area contributed by atoms with E-state index in [2.05, 4.69) is 10.3 Å². The van der Waals surface area contributed by atoms with E-state index in [0.717, 1.165) is 11.1 Å². The number of fused-ring (bicyclic) bond motifs is 1. The van der Waals surface area contributed by atoms with Gasteiger partial charge in [-0.05, 0) is 43.2 Å². The van der Waals surface area contributed by atoms with Crippen molar-refractivity contribution in [2.75, 3.05) is 26.2 Å². The molecule has 0 N–H and O–H groups in total. The summed E-state index contributed by atoms with van der Waals surface area (Å²) in [5.41, 5.74) is 2.04. The molecule has 0 saturated carbocycles. The fourth-order valence-corrected chi connectivity index (χ4v) is 5.27. The van der Waals surface area contributed by atoms with E-state index < -0.39 is 10.0 Å². The number of rotatable bonds is 4. The average Bonchev–Trinajstić information content (AvgIpc) is 2.72. The van der Waals surface area contributed by atoms with Crippen LogP contribution < -0.4 is 5.56 Å². The number of aromatic nitrogens is 3. The molecule has 1 aliphatic rings. The Morgan fingerprint density at radius 3 is 2.48 bits per heavy atom. The molecule has 9 heteroatoms. The van der Waals surface area contributed by atoms with Crippen molar-refractivity contribution in [2.24, 2.45) is 0 Å². The van der Waals surface area contributed by atoms with Gasteiger partial charge in [0.2, 0.25) is 10.0 Å². The van der Waals surface area contributed by atoms with Gasteiger partial charge in [-0.2, -0.15) is 8.99 Å². The number of hydrogen-bond acceptors (Lipinski definition) is 6. The molecular weight excluding hydrogens is 390 g/mol. The molecule has 0 bridgehead atoms. The van der Waals surface area contributed by atoms with Gasteiger partial charge in [0, 0.05) is 26.2 Å². The van der Waals surface area contributed by atoms with Crippen LogP contribution in [-0.4, -0.2) is 58.8 Å². The Morgan fingerprint density at radius 2 is 1.72 bits per heavy atom. The lowest BCUT2D eigenvalue weighted by molar-refractivity contribution is 0.141. The fraction of sp³-hybridized carbons (Fsp3) is 0.350. The van der Waals surface area contributed by atoms with Crippen LogP contribution in [-0.2, 0) is 16.7 Å². The van der Waals surface area contributed by atoms with Crippen LogP contribution in [0.2, 0.25) is 0 Å². The van der Waals surface area contributed by atoms with Crippen LogP contribution in [0.5, 0.6) is 0 Å². The standard InChI is InChI=1S/C20H23N5O3S/c1-15-7-8-16(2)19(13-15)29(27,28)24-11-9-23(10-12-24)14-25-20(26)17-5-3-4-6-18(17)21-22-25/h3-8,13H,9-12,14H2,1-2H3. The third-order valence-electron chi connectivity index (χ3n) is 5.26. The highest BCUT2D eigenvalue weighted by Gasteiger charge is 2.30. The molecule has 0 atom stereocenters. The normalized spacial score (nSPS) is 16.3. The highest BCUT2D eigenvalue weighted by Crippen LogP contribution is 2.22. The van der Waals surface area contributed by atoms with Crippen molar-refractivity contribution in [1.29, 1.82) is 0 Å². The Kier molecular flexibility index (Phi) is 5.20. The lowest BCUT2D eigenvalue weighted by Gasteiger charge is -2.34. The second-order valence-electron chi connectivity index (χ2n) is 7.34. The molecule has 29 heavy (non-hydrogen) atoms. The van der Waals surface area contributed by atoms with Gasteiger partial charge in [-0.1, -0.05) is 29.5 Å². The molecule has 1 fully saturated rings. The number of hydrogen-bond donors (Lipinski definition) is 0. The summed E-state index contributed by atoms with van der Waals surface area (Å²) in [5.74, 6) is 0. The number of piperazine rings is 1. The summed E-state index contributed by atoms with van der Waals surface area (Å²) in [6, 6.07) is 12.6. The summed E-state index contributed by atoms with van der Waals surface area (Å²) in [5, 5.41) is 8.64. The van der Waals surface area contributed by atoms with Gasteiger partial charge in [-0.25, -0.2) is 8.42 Å². The third-order valence-corrected chi connectivity index (χ3v) is 7.30. The van der Waals surface area contributed by atoms with Crippen LogP contribution in [0.25, 0.3) is 10.9 Å². The van der Waals surface area contributed by atoms with E-state index in [1.807, 2.05) is 36.9 Å². The first kappa shape index (κ1) is 19.7. The summed E-state index contributed by atoms with van der Waals surface area (Å²) in [7, 11) is -3.54. The van der Waals surface area contributed by atoms with Gasteiger partial charge in [-0.3, -0.25) is 9.69 Å². The maximum atomic E-state index is 13.1. The van der Waals surface area contributed by atoms with E-state index in [1.54, 1.807) is 24.3 Å². The molecule has 2 aromatic carbocycles. The van der Waals surface area contributed by atoms with Crippen molar-refractivity contribution in [1.82, 2.24) is 24.2 Å². The summed E-state index contributed by atoms with van der Waals surface area (Å²) in [6.07, 6.45) is 0. The van der Waals surface area contributed by atoms with Gasteiger partial charge in [0.15, 0.2) is 0 Å². The minimum Gasteiger partial charge on any atom is -0.282 e. The van der Waals surface area contributed by atoms with E-state index in [1.165, 1.54) is 8.99 Å². The minimum absolute atomic E-state index is 0.193.